The van der Waals surface area contributed by atoms with Crippen molar-refractivity contribution in [2.75, 3.05) is 26.0 Å². The molecule has 1 aliphatic heterocycles. The quantitative estimate of drug-likeness (QED) is 0.701. The van der Waals surface area contributed by atoms with Gasteiger partial charge in [0.2, 0.25) is 0 Å². The highest BCUT2D eigenvalue weighted by Gasteiger charge is 2.20. The number of ether oxygens (including phenoxy) is 1. The number of hydrogen-bond acceptors (Lipinski definition) is 5. The summed E-state index contributed by atoms with van der Waals surface area (Å²) in [6.45, 7) is 1.74. The molecular formula is C23H24N2O2S. The minimum absolute atomic E-state index is 0.311. The highest BCUT2D eigenvalue weighted by Crippen LogP contribution is 2.38. The van der Waals surface area contributed by atoms with Gasteiger partial charge in [0.05, 0.1) is 12.0 Å². The molecule has 1 heterocycles. The first kappa shape index (κ1) is 18.7. The maximum absolute atomic E-state index is 10.7. The van der Waals surface area contributed by atoms with Crippen molar-refractivity contribution in [2.24, 2.45) is 4.99 Å². The van der Waals surface area contributed by atoms with Crippen LogP contribution in [0, 0.1) is 0 Å². The smallest absolute Gasteiger partial charge is 0.133 e. The molecule has 0 bridgehead atoms. The summed E-state index contributed by atoms with van der Waals surface area (Å²) in [5.74, 6) is 2.69. The van der Waals surface area contributed by atoms with E-state index in [1.807, 2.05) is 24.3 Å². The van der Waals surface area contributed by atoms with E-state index >= 15 is 0 Å². The van der Waals surface area contributed by atoms with E-state index in [-0.39, 0.29) is 0 Å². The fraction of sp³-hybridized carbons (Fsp3) is 0.261. The Hall–Kier alpha value is -2.66. The summed E-state index contributed by atoms with van der Waals surface area (Å²) in [6.07, 6.45) is 7.75. The number of rotatable bonds is 5. The molecule has 0 saturated heterocycles. The Bertz CT molecular complexity index is 1000. The van der Waals surface area contributed by atoms with E-state index < -0.39 is 0 Å². The molecule has 0 aromatic heterocycles. The highest BCUT2D eigenvalue weighted by molar-refractivity contribution is 7.99. The molecule has 0 saturated carbocycles. The van der Waals surface area contributed by atoms with Gasteiger partial charge in [-0.1, -0.05) is 42.5 Å². The average molecular weight is 393 g/mol. The van der Waals surface area contributed by atoms with E-state index in [2.05, 4.69) is 34.6 Å². The zero-order chi connectivity index (χ0) is 19.3. The predicted octanol–water partition coefficient (Wildman–Crippen LogP) is 5.03. The number of thioether (sulfide) groups is 1. The maximum Gasteiger partial charge on any atom is 0.133 e. The van der Waals surface area contributed by atoms with Crippen molar-refractivity contribution < 1.29 is 9.84 Å². The summed E-state index contributed by atoms with van der Waals surface area (Å²) >= 11 is 1.69. The second kappa shape index (κ2) is 8.57. The van der Waals surface area contributed by atoms with Crippen molar-refractivity contribution >= 4 is 28.4 Å². The zero-order valence-corrected chi connectivity index (χ0v) is 16.8. The van der Waals surface area contributed by atoms with Crippen LogP contribution >= 0.6 is 11.8 Å². The third-order valence-corrected chi connectivity index (χ3v) is 6.09. The van der Waals surface area contributed by atoms with Gasteiger partial charge in [0, 0.05) is 30.0 Å². The van der Waals surface area contributed by atoms with Crippen LogP contribution in [0.1, 0.15) is 12.8 Å². The molecule has 5 heteroatoms. The van der Waals surface area contributed by atoms with Gasteiger partial charge in [-0.25, -0.2) is 0 Å². The Morgan fingerprint density at radius 2 is 2.11 bits per heavy atom. The van der Waals surface area contributed by atoms with Crippen LogP contribution in [-0.4, -0.2) is 36.9 Å². The van der Waals surface area contributed by atoms with E-state index in [4.69, 9.17) is 4.74 Å². The SMILES string of the molecule is COc1ccc2ccccc2c1SCC1=C(O)C=CCC=C1C1=NCCCN1. The van der Waals surface area contributed by atoms with Crippen molar-refractivity contribution in [2.45, 2.75) is 17.7 Å². The van der Waals surface area contributed by atoms with Gasteiger partial charge in [-0.05, 0) is 35.8 Å². The molecule has 4 nitrogen and oxygen atoms in total. The lowest BCUT2D eigenvalue weighted by atomic mass is 10.0. The van der Waals surface area contributed by atoms with Gasteiger partial charge in [0.1, 0.15) is 17.3 Å². The van der Waals surface area contributed by atoms with Crippen LogP contribution in [0.2, 0.25) is 0 Å². The summed E-state index contributed by atoms with van der Waals surface area (Å²) in [6, 6.07) is 12.4. The average Bonchev–Trinajstić information content (AvgIpc) is 2.93. The Kier molecular flexibility index (Phi) is 5.72. The normalized spacial score (nSPS) is 17.0. The summed E-state index contributed by atoms with van der Waals surface area (Å²) in [5.41, 5.74) is 1.91. The number of amidine groups is 1. The third kappa shape index (κ3) is 3.80. The van der Waals surface area contributed by atoms with Gasteiger partial charge in [-0.3, -0.25) is 4.99 Å². The monoisotopic (exact) mass is 392 g/mol. The number of nitrogens with zero attached hydrogens (tertiary/aromatic N) is 1. The molecule has 0 fully saturated rings. The second-order valence-electron chi connectivity index (χ2n) is 6.74. The first-order valence-electron chi connectivity index (χ1n) is 9.54. The Balaban J connectivity index is 1.69. The fourth-order valence-corrected chi connectivity index (χ4v) is 4.74. The van der Waals surface area contributed by atoms with Crippen LogP contribution in [-0.2, 0) is 0 Å². The number of aliphatic hydroxyl groups excluding tert-OH is 1. The van der Waals surface area contributed by atoms with Crippen LogP contribution in [0.3, 0.4) is 0 Å². The highest BCUT2D eigenvalue weighted by atomic mass is 32.2. The number of methoxy groups -OCH3 is 1. The molecule has 2 aliphatic rings. The van der Waals surface area contributed by atoms with Gasteiger partial charge >= 0.3 is 0 Å². The van der Waals surface area contributed by atoms with E-state index in [0.717, 1.165) is 58.9 Å². The fourth-order valence-electron chi connectivity index (χ4n) is 3.51. The lowest BCUT2D eigenvalue weighted by molar-refractivity contribution is 0.406. The van der Waals surface area contributed by atoms with Crippen molar-refractivity contribution in [1.82, 2.24) is 5.32 Å². The number of nitrogens with one attached hydrogen (secondary N) is 1. The van der Waals surface area contributed by atoms with E-state index in [1.165, 1.54) is 5.39 Å². The lowest BCUT2D eigenvalue weighted by Gasteiger charge is -2.20. The van der Waals surface area contributed by atoms with Gasteiger partial charge < -0.3 is 15.2 Å². The standard InChI is InChI=1S/C23H24N2O2S/c1-27-21-12-11-16-7-2-3-8-17(16)22(21)28-15-19-18(9-4-5-10-20(19)26)23-24-13-6-14-25-23/h2-3,5,7-12,26H,4,6,13-15H2,1H3,(H,24,25). The van der Waals surface area contributed by atoms with Crippen molar-refractivity contribution in [1.29, 1.82) is 0 Å². The van der Waals surface area contributed by atoms with Gasteiger partial charge in [-0.15, -0.1) is 11.8 Å². The molecule has 2 N–H and O–H groups in total. The molecule has 0 amide bonds. The molecule has 28 heavy (non-hydrogen) atoms. The van der Waals surface area contributed by atoms with E-state index in [9.17, 15) is 5.11 Å². The van der Waals surface area contributed by atoms with Crippen LogP contribution in [0.15, 0.2) is 81.4 Å². The first-order valence-corrected chi connectivity index (χ1v) is 10.5. The van der Waals surface area contributed by atoms with Gasteiger partial charge in [-0.2, -0.15) is 0 Å². The Labute approximate surface area is 169 Å². The van der Waals surface area contributed by atoms with Crippen molar-refractivity contribution in [3.63, 3.8) is 0 Å². The molecule has 1 aliphatic carbocycles. The van der Waals surface area contributed by atoms with Gasteiger partial charge in [0.15, 0.2) is 0 Å². The largest absolute Gasteiger partial charge is 0.508 e. The predicted molar refractivity (Wildman–Crippen MR) is 118 cm³/mol. The summed E-state index contributed by atoms with van der Waals surface area (Å²) in [7, 11) is 1.70. The van der Waals surface area contributed by atoms with Crippen LogP contribution in [0.5, 0.6) is 5.75 Å². The molecule has 0 unspecified atom stereocenters. The third-order valence-electron chi connectivity index (χ3n) is 4.94. The lowest BCUT2D eigenvalue weighted by Crippen LogP contribution is -2.32. The molecule has 0 spiro atoms. The number of aliphatic hydroxyl groups is 1. The molecule has 144 valence electrons. The molecule has 4 rings (SSSR count). The molecular weight excluding hydrogens is 368 g/mol. The maximum atomic E-state index is 10.7. The summed E-state index contributed by atoms with van der Waals surface area (Å²) < 4.78 is 5.62. The summed E-state index contributed by atoms with van der Waals surface area (Å²) in [5, 5.41) is 16.4. The minimum atomic E-state index is 0.311. The van der Waals surface area contributed by atoms with Crippen molar-refractivity contribution in [3.8, 4) is 5.75 Å². The molecule has 0 radical (unpaired) electrons. The molecule has 2 aromatic rings. The number of benzene rings is 2. The topological polar surface area (TPSA) is 53.9 Å². The summed E-state index contributed by atoms with van der Waals surface area (Å²) in [4.78, 5) is 5.74. The van der Waals surface area contributed by atoms with Gasteiger partial charge in [0.25, 0.3) is 0 Å². The van der Waals surface area contributed by atoms with Crippen molar-refractivity contribution in [3.05, 3.63) is 71.5 Å². The minimum Gasteiger partial charge on any atom is -0.508 e. The molecule has 0 atom stereocenters. The zero-order valence-electron chi connectivity index (χ0n) is 15.9. The first-order chi connectivity index (χ1) is 13.8. The number of hydrogen-bond donors (Lipinski definition) is 2. The Morgan fingerprint density at radius 1 is 1.21 bits per heavy atom. The van der Waals surface area contributed by atoms with Crippen LogP contribution < -0.4 is 10.1 Å². The van der Waals surface area contributed by atoms with E-state index in [0.29, 0.717) is 11.5 Å². The number of aliphatic imine (C=N–C) groups is 1. The number of allylic oxidation sites excluding steroid dienone is 3. The number of fused-ring (bicyclic) bond motifs is 1. The molecule has 2 aromatic carbocycles. The van der Waals surface area contributed by atoms with Crippen LogP contribution in [0.4, 0.5) is 0 Å². The van der Waals surface area contributed by atoms with Crippen LogP contribution in [0.25, 0.3) is 10.8 Å². The van der Waals surface area contributed by atoms with E-state index in [1.54, 1.807) is 24.9 Å². The Morgan fingerprint density at radius 3 is 2.93 bits per heavy atom. The second-order valence-corrected chi connectivity index (χ2v) is 7.72.